The summed E-state index contributed by atoms with van der Waals surface area (Å²) in [5.74, 6) is -1.72. The Morgan fingerprint density at radius 2 is 1.84 bits per heavy atom. The number of anilines is 1. The molecular formula is C18H26N6O7. The summed E-state index contributed by atoms with van der Waals surface area (Å²) in [6.45, 7) is 0.421. The zero-order chi connectivity index (χ0) is 22.5. The highest BCUT2D eigenvalue weighted by atomic mass is 16.5. The fraction of sp³-hybridized carbons (Fsp3) is 0.611. The van der Waals surface area contributed by atoms with Crippen molar-refractivity contribution in [1.29, 1.82) is 0 Å². The molecule has 0 amide bonds. The Kier molecular flexibility index (Phi) is 7.33. The van der Waals surface area contributed by atoms with E-state index in [9.17, 15) is 19.8 Å². The van der Waals surface area contributed by atoms with Crippen LogP contribution < -0.4 is 5.73 Å². The van der Waals surface area contributed by atoms with E-state index < -0.39 is 36.6 Å². The third kappa shape index (κ3) is 5.44. The Hall–Kier alpha value is -2.87. The molecule has 13 nitrogen and oxygen atoms in total. The average Bonchev–Trinajstić information content (AvgIpc) is 3.30. The van der Waals surface area contributed by atoms with Crippen LogP contribution in [0.1, 0.15) is 38.3 Å². The number of aliphatic carboxylic acids is 2. The number of carbonyl (C=O) groups is 2. The number of aliphatic hydroxyl groups is 2. The van der Waals surface area contributed by atoms with Crippen molar-refractivity contribution in [2.45, 2.75) is 56.8 Å². The lowest BCUT2D eigenvalue weighted by Gasteiger charge is -2.32. The molecule has 0 aromatic carbocycles. The quantitative estimate of drug-likeness (QED) is 0.280. The van der Waals surface area contributed by atoms with E-state index in [0.717, 1.165) is 0 Å². The van der Waals surface area contributed by atoms with Gasteiger partial charge in [0.2, 0.25) is 0 Å². The highest BCUT2D eigenvalue weighted by molar-refractivity contribution is 5.81. The molecule has 1 unspecified atom stereocenters. The number of aliphatic hydroxyl groups excluding tert-OH is 2. The van der Waals surface area contributed by atoms with Crippen LogP contribution in [0.25, 0.3) is 11.2 Å². The van der Waals surface area contributed by atoms with Gasteiger partial charge in [0.1, 0.15) is 30.4 Å². The predicted octanol–water partition coefficient (Wildman–Crippen LogP) is -0.593. The van der Waals surface area contributed by atoms with Gasteiger partial charge in [0, 0.05) is 32.4 Å². The van der Waals surface area contributed by atoms with Gasteiger partial charge in [0.25, 0.3) is 0 Å². The van der Waals surface area contributed by atoms with Crippen molar-refractivity contribution in [2.75, 3.05) is 18.8 Å². The van der Waals surface area contributed by atoms with Crippen molar-refractivity contribution in [3.63, 3.8) is 0 Å². The number of fused-ring (bicyclic) bond motifs is 1. The van der Waals surface area contributed by atoms with Crippen LogP contribution in [0.15, 0.2) is 12.7 Å². The van der Waals surface area contributed by atoms with E-state index in [4.69, 9.17) is 20.7 Å². The van der Waals surface area contributed by atoms with Crippen LogP contribution in [0.5, 0.6) is 0 Å². The van der Waals surface area contributed by atoms with Gasteiger partial charge >= 0.3 is 11.9 Å². The Bertz CT molecular complexity index is 902. The van der Waals surface area contributed by atoms with Gasteiger partial charge in [-0.25, -0.2) is 15.0 Å². The lowest BCUT2D eigenvalue weighted by molar-refractivity contribution is -0.143. The molecule has 1 saturated heterocycles. The van der Waals surface area contributed by atoms with Crippen LogP contribution in [0.2, 0.25) is 0 Å². The Balaban J connectivity index is 1.71. The standard InChI is InChI=1S/C18H26N6O7/c19-16-14-17(21-8-20-16)24(9-22-14)11-7-10(25)15(31-11)18(30)23(5-1-3-12(26)27)6-2-4-13(28)29/h8-11,15,18,25,30H,1-7H2,(H,26,27)(H,28,29)(H2,19,20,21)/t10-,11+,15-,18?/m0/s1. The molecule has 31 heavy (non-hydrogen) atoms. The second-order valence-electron chi connectivity index (χ2n) is 7.39. The second kappa shape index (κ2) is 9.96. The number of imidazole rings is 1. The summed E-state index contributed by atoms with van der Waals surface area (Å²) < 4.78 is 7.51. The van der Waals surface area contributed by atoms with Gasteiger partial charge in [0.15, 0.2) is 11.5 Å². The summed E-state index contributed by atoms with van der Waals surface area (Å²) in [5.41, 5.74) is 6.63. The van der Waals surface area contributed by atoms with Gasteiger partial charge < -0.3 is 30.9 Å². The van der Waals surface area contributed by atoms with Gasteiger partial charge in [-0.1, -0.05) is 0 Å². The van der Waals surface area contributed by atoms with Crippen molar-refractivity contribution in [3.05, 3.63) is 12.7 Å². The van der Waals surface area contributed by atoms with Crippen LogP contribution in [0.4, 0.5) is 5.82 Å². The first-order valence-electron chi connectivity index (χ1n) is 9.90. The summed E-state index contributed by atoms with van der Waals surface area (Å²) in [7, 11) is 0. The monoisotopic (exact) mass is 438 g/mol. The first kappa shape index (κ1) is 22.8. The lowest BCUT2D eigenvalue weighted by Crippen LogP contribution is -2.48. The molecular weight excluding hydrogens is 412 g/mol. The maximum Gasteiger partial charge on any atom is 0.303 e. The van der Waals surface area contributed by atoms with Crippen molar-refractivity contribution >= 4 is 28.9 Å². The molecule has 0 saturated carbocycles. The molecule has 2 aromatic heterocycles. The molecule has 0 spiro atoms. The topological polar surface area (TPSA) is 197 Å². The van der Waals surface area contributed by atoms with Crippen molar-refractivity contribution in [1.82, 2.24) is 24.4 Å². The molecule has 4 atom stereocenters. The fourth-order valence-corrected chi connectivity index (χ4v) is 3.65. The number of nitrogens with zero attached hydrogens (tertiary/aromatic N) is 5. The first-order valence-corrected chi connectivity index (χ1v) is 9.90. The minimum Gasteiger partial charge on any atom is -0.481 e. The van der Waals surface area contributed by atoms with E-state index in [1.54, 1.807) is 4.57 Å². The number of nitrogens with two attached hydrogens (primary N) is 1. The molecule has 3 rings (SSSR count). The zero-order valence-corrected chi connectivity index (χ0v) is 16.7. The van der Waals surface area contributed by atoms with E-state index >= 15 is 0 Å². The molecule has 13 heteroatoms. The van der Waals surface area contributed by atoms with Crippen molar-refractivity contribution in [3.8, 4) is 0 Å². The summed E-state index contributed by atoms with van der Waals surface area (Å²) in [6, 6.07) is 0. The van der Waals surface area contributed by atoms with Gasteiger partial charge in [-0.05, 0) is 12.8 Å². The third-order valence-corrected chi connectivity index (χ3v) is 5.17. The third-order valence-electron chi connectivity index (χ3n) is 5.17. The molecule has 170 valence electrons. The van der Waals surface area contributed by atoms with E-state index in [1.807, 2.05) is 0 Å². The van der Waals surface area contributed by atoms with E-state index in [0.29, 0.717) is 11.2 Å². The summed E-state index contributed by atoms with van der Waals surface area (Å²) in [6.07, 6.45) is -0.668. The highest BCUT2D eigenvalue weighted by Crippen LogP contribution is 2.33. The first-order chi connectivity index (χ1) is 14.8. The Morgan fingerprint density at radius 1 is 1.19 bits per heavy atom. The summed E-state index contributed by atoms with van der Waals surface area (Å²) >= 11 is 0. The van der Waals surface area contributed by atoms with Gasteiger partial charge in [-0.2, -0.15) is 0 Å². The normalized spacial score (nSPS) is 22.2. The van der Waals surface area contributed by atoms with Crippen LogP contribution in [-0.4, -0.2) is 88.3 Å². The van der Waals surface area contributed by atoms with Crippen LogP contribution in [0, 0.1) is 0 Å². The molecule has 1 aliphatic rings. The number of ether oxygens (including phenoxy) is 1. The fourth-order valence-electron chi connectivity index (χ4n) is 3.65. The highest BCUT2D eigenvalue weighted by Gasteiger charge is 2.42. The maximum atomic E-state index is 10.9. The Morgan fingerprint density at radius 3 is 2.45 bits per heavy atom. The molecule has 1 fully saturated rings. The number of carboxylic acids is 2. The molecule has 0 radical (unpaired) electrons. The summed E-state index contributed by atoms with van der Waals surface area (Å²) in [5, 5.41) is 39.1. The van der Waals surface area contributed by atoms with Crippen LogP contribution >= 0.6 is 0 Å². The number of hydrogen-bond acceptors (Lipinski definition) is 10. The number of hydrogen-bond donors (Lipinski definition) is 5. The molecule has 3 heterocycles. The average molecular weight is 438 g/mol. The molecule has 1 aliphatic heterocycles. The number of aromatic nitrogens is 4. The summed E-state index contributed by atoms with van der Waals surface area (Å²) in [4.78, 5) is 35.4. The van der Waals surface area contributed by atoms with Gasteiger partial charge in [-0.15, -0.1) is 0 Å². The van der Waals surface area contributed by atoms with Crippen LogP contribution in [0.3, 0.4) is 0 Å². The van der Waals surface area contributed by atoms with Crippen molar-refractivity contribution < 1.29 is 34.8 Å². The zero-order valence-electron chi connectivity index (χ0n) is 16.7. The van der Waals surface area contributed by atoms with Crippen LogP contribution in [-0.2, 0) is 14.3 Å². The molecule has 0 bridgehead atoms. The van der Waals surface area contributed by atoms with Gasteiger partial charge in [0.05, 0.1) is 12.4 Å². The van der Waals surface area contributed by atoms with Crippen molar-refractivity contribution in [2.24, 2.45) is 0 Å². The minimum absolute atomic E-state index is 0.0962. The van der Waals surface area contributed by atoms with E-state index in [-0.39, 0.29) is 51.0 Å². The SMILES string of the molecule is Nc1ncnc2c1ncn2[C@H]1C[C@H](O)[C@@H](C(O)N(CCCC(=O)O)CCCC(=O)O)O1. The largest absolute Gasteiger partial charge is 0.481 e. The predicted molar refractivity (Wildman–Crippen MR) is 106 cm³/mol. The second-order valence-corrected chi connectivity index (χ2v) is 7.39. The van der Waals surface area contributed by atoms with E-state index in [2.05, 4.69) is 15.0 Å². The minimum atomic E-state index is -1.25. The number of nitrogen functional groups attached to an aromatic ring is 1. The smallest absolute Gasteiger partial charge is 0.303 e. The Labute approximate surface area is 177 Å². The van der Waals surface area contributed by atoms with Gasteiger partial charge in [-0.3, -0.25) is 19.1 Å². The van der Waals surface area contributed by atoms with E-state index in [1.165, 1.54) is 17.6 Å². The molecule has 2 aromatic rings. The molecule has 0 aliphatic carbocycles. The maximum absolute atomic E-state index is 10.9. The number of rotatable bonds is 11. The number of carboxylic acid groups (broad SMARTS) is 2. The molecule has 6 N–H and O–H groups in total. The lowest BCUT2D eigenvalue weighted by atomic mass is 10.1.